The first-order valence-corrected chi connectivity index (χ1v) is 8.18. The van der Waals surface area contributed by atoms with E-state index in [0.717, 1.165) is 35.4 Å². The number of piperidine rings is 1. The van der Waals surface area contributed by atoms with Gasteiger partial charge in [0.2, 0.25) is 5.91 Å². The van der Waals surface area contributed by atoms with Crippen molar-refractivity contribution in [1.29, 1.82) is 0 Å². The van der Waals surface area contributed by atoms with Crippen LogP contribution in [-0.2, 0) is 4.79 Å². The van der Waals surface area contributed by atoms with Gasteiger partial charge in [-0.25, -0.2) is 4.98 Å². The monoisotopic (exact) mass is 370 g/mol. The number of carbonyl (C=O) groups excluding carboxylic acids is 1. The summed E-state index contributed by atoms with van der Waals surface area (Å²) in [5.74, 6) is 1.54. The summed E-state index contributed by atoms with van der Waals surface area (Å²) in [5, 5.41) is 6.66. The number of benzene rings is 1. The smallest absolute Gasteiger partial charge is 0.224 e. The number of nitrogens with zero attached hydrogens (tertiary/aromatic N) is 1. The lowest BCUT2D eigenvalue weighted by Gasteiger charge is -2.28. The van der Waals surface area contributed by atoms with Gasteiger partial charge in [0.15, 0.2) is 0 Å². The number of rotatable bonds is 3. The molecule has 132 valence electrons. The number of amides is 1. The molecule has 2 saturated heterocycles. The first-order chi connectivity index (χ1) is 10.7. The molecule has 3 N–H and O–H groups in total. The van der Waals surface area contributed by atoms with Gasteiger partial charge in [0.05, 0.1) is 11.0 Å². The van der Waals surface area contributed by atoms with Crippen molar-refractivity contribution in [2.75, 3.05) is 5.32 Å². The summed E-state index contributed by atoms with van der Waals surface area (Å²) in [7, 11) is 0. The molecule has 1 aromatic heterocycles. The second-order valence-corrected chi connectivity index (χ2v) is 6.78. The number of fused-ring (bicyclic) bond motifs is 3. The molecule has 3 heterocycles. The van der Waals surface area contributed by atoms with Gasteiger partial charge in [-0.1, -0.05) is 0 Å². The summed E-state index contributed by atoms with van der Waals surface area (Å²) in [4.78, 5) is 19.9. The van der Waals surface area contributed by atoms with E-state index < -0.39 is 0 Å². The molecule has 24 heavy (non-hydrogen) atoms. The maximum absolute atomic E-state index is 12.3. The van der Waals surface area contributed by atoms with E-state index in [4.69, 9.17) is 0 Å². The lowest BCUT2D eigenvalue weighted by molar-refractivity contribution is -0.117. The van der Waals surface area contributed by atoms with Crippen molar-refractivity contribution < 1.29 is 4.79 Å². The van der Waals surface area contributed by atoms with Crippen LogP contribution in [0.2, 0.25) is 0 Å². The standard InChI is InChI=1S/C17H22N4O.2ClH/c1-10-18-15-5-4-14(9-16(15)19-10)21-17(22)8-11-6-12-2-3-13(7-11)20-12;;/h4-5,9,11-13,20H,2-3,6-8H2,1H3,(H,18,19)(H,21,22);2*1H. The van der Waals surface area contributed by atoms with Crippen LogP contribution in [0.15, 0.2) is 18.2 Å². The molecule has 0 radical (unpaired) electrons. The molecule has 1 aromatic carbocycles. The average Bonchev–Trinajstić information content (AvgIpc) is 2.99. The number of aromatic nitrogens is 2. The fraction of sp³-hybridized carbons (Fsp3) is 0.529. The summed E-state index contributed by atoms with van der Waals surface area (Å²) < 4.78 is 0. The molecular weight excluding hydrogens is 347 g/mol. The first-order valence-electron chi connectivity index (χ1n) is 8.18. The number of H-pyrrole nitrogens is 1. The number of anilines is 1. The maximum atomic E-state index is 12.3. The van der Waals surface area contributed by atoms with Crippen LogP contribution in [0.5, 0.6) is 0 Å². The summed E-state index contributed by atoms with van der Waals surface area (Å²) in [6.07, 6.45) is 5.47. The first kappa shape index (κ1) is 19.0. The minimum Gasteiger partial charge on any atom is -0.342 e. The van der Waals surface area contributed by atoms with Gasteiger partial charge in [-0.05, 0) is 56.7 Å². The summed E-state index contributed by atoms with van der Waals surface area (Å²) >= 11 is 0. The van der Waals surface area contributed by atoms with Crippen LogP contribution in [0.3, 0.4) is 0 Å². The average molecular weight is 371 g/mol. The highest BCUT2D eigenvalue weighted by Crippen LogP contribution is 2.32. The van der Waals surface area contributed by atoms with Crippen molar-refractivity contribution in [3.63, 3.8) is 0 Å². The van der Waals surface area contributed by atoms with E-state index in [2.05, 4.69) is 20.6 Å². The van der Waals surface area contributed by atoms with E-state index in [-0.39, 0.29) is 30.7 Å². The Hall–Kier alpha value is -1.30. The van der Waals surface area contributed by atoms with Gasteiger partial charge < -0.3 is 15.6 Å². The minimum absolute atomic E-state index is 0. The highest BCUT2D eigenvalue weighted by Gasteiger charge is 2.34. The van der Waals surface area contributed by atoms with Gasteiger partial charge in [0.25, 0.3) is 0 Å². The normalized spacial score (nSPS) is 25.0. The van der Waals surface area contributed by atoms with Gasteiger partial charge in [-0.3, -0.25) is 4.79 Å². The molecule has 4 rings (SSSR count). The van der Waals surface area contributed by atoms with Crippen molar-refractivity contribution in [3.05, 3.63) is 24.0 Å². The van der Waals surface area contributed by atoms with Crippen LogP contribution in [-0.4, -0.2) is 28.0 Å². The summed E-state index contributed by atoms with van der Waals surface area (Å²) in [5.41, 5.74) is 2.75. The fourth-order valence-corrected chi connectivity index (χ4v) is 4.03. The molecule has 2 bridgehead atoms. The van der Waals surface area contributed by atoms with Crippen molar-refractivity contribution in [2.45, 2.75) is 51.1 Å². The van der Waals surface area contributed by atoms with Gasteiger partial charge in [0, 0.05) is 24.2 Å². The predicted molar refractivity (Wildman–Crippen MR) is 101 cm³/mol. The Morgan fingerprint density at radius 1 is 1.25 bits per heavy atom. The number of carbonyl (C=O) groups is 1. The molecule has 2 atom stereocenters. The predicted octanol–water partition coefficient (Wildman–Crippen LogP) is 3.57. The minimum atomic E-state index is 0. The molecule has 7 heteroatoms. The third-order valence-corrected chi connectivity index (χ3v) is 4.93. The van der Waals surface area contributed by atoms with Gasteiger partial charge in [-0.15, -0.1) is 24.8 Å². The molecule has 2 unspecified atom stereocenters. The van der Waals surface area contributed by atoms with E-state index in [1.807, 2.05) is 25.1 Å². The van der Waals surface area contributed by atoms with E-state index in [9.17, 15) is 4.79 Å². The molecular formula is C17H24Cl2N4O. The van der Waals surface area contributed by atoms with E-state index >= 15 is 0 Å². The van der Waals surface area contributed by atoms with Gasteiger partial charge in [-0.2, -0.15) is 0 Å². The second kappa shape index (κ2) is 7.72. The zero-order chi connectivity index (χ0) is 15.1. The Balaban J connectivity index is 0.00000104. The second-order valence-electron chi connectivity index (χ2n) is 6.78. The number of hydrogen-bond acceptors (Lipinski definition) is 3. The quantitative estimate of drug-likeness (QED) is 0.773. The Morgan fingerprint density at radius 2 is 1.96 bits per heavy atom. The molecule has 2 aliphatic heterocycles. The SMILES string of the molecule is Cc1nc2ccc(NC(=O)CC3CC4CCC(C3)N4)cc2[nH]1.Cl.Cl. The highest BCUT2D eigenvalue weighted by atomic mass is 35.5. The number of nitrogens with one attached hydrogen (secondary N) is 3. The fourth-order valence-electron chi connectivity index (χ4n) is 4.03. The summed E-state index contributed by atoms with van der Waals surface area (Å²) in [6.45, 7) is 1.93. The number of hydrogen-bond donors (Lipinski definition) is 3. The molecule has 0 aliphatic carbocycles. The third-order valence-electron chi connectivity index (χ3n) is 4.93. The topological polar surface area (TPSA) is 69.8 Å². The van der Waals surface area contributed by atoms with Crippen molar-refractivity contribution in [2.24, 2.45) is 5.92 Å². The van der Waals surface area contributed by atoms with Crippen LogP contribution in [0, 0.1) is 12.8 Å². The Morgan fingerprint density at radius 3 is 2.67 bits per heavy atom. The molecule has 2 fully saturated rings. The molecule has 2 aromatic rings. The van der Waals surface area contributed by atoms with Crippen molar-refractivity contribution >= 4 is 47.4 Å². The largest absolute Gasteiger partial charge is 0.342 e. The third kappa shape index (κ3) is 4.02. The molecule has 2 aliphatic rings. The number of imidazole rings is 1. The molecule has 5 nitrogen and oxygen atoms in total. The van der Waals surface area contributed by atoms with Gasteiger partial charge >= 0.3 is 0 Å². The Kier molecular flexibility index (Phi) is 6.12. The molecule has 0 spiro atoms. The van der Waals surface area contributed by atoms with Crippen molar-refractivity contribution in [3.8, 4) is 0 Å². The molecule has 1 amide bonds. The highest BCUT2D eigenvalue weighted by molar-refractivity contribution is 5.93. The van der Waals surface area contributed by atoms with Crippen LogP contribution in [0.1, 0.15) is 37.9 Å². The maximum Gasteiger partial charge on any atom is 0.224 e. The van der Waals surface area contributed by atoms with Crippen LogP contribution >= 0.6 is 24.8 Å². The molecule has 0 saturated carbocycles. The lowest BCUT2D eigenvalue weighted by atomic mass is 9.89. The van der Waals surface area contributed by atoms with E-state index in [1.165, 1.54) is 12.8 Å². The zero-order valence-corrected chi connectivity index (χ0v) is 15.3. The Bertz CT molecular complexity index is 706. The van der Waals surface area contributed by atoms with E-state index in [0.29, 0.717) is 24.4 Å². The van der Waals surface area contributed by atoms with Crippen LogP contribution in [0.25, 0.3) is 11.0 Å². The van der Waals surface area contributed by atoms with Crippen molar-refractivity contribution in [1.82, 2.24) is 15.3 Å². The number of halogens is 2. The van der Waals surface area contributed by atoms with E-state index in [1.54, 1.807) is 0 Å². The number of aryl methyl sites for hydroxylation is 1. The lowest BCUT2D eigenvalue weighted by Crippen LogP contribution is -2.39. The summed E-state index contributed by atoms with van der Waals surface area (Å²) in [6, 6.07) is 7.10. The zero-order valence-electron chi connectivity index (χ0n) is 13.7. The van der Waals surface area contributed by atoms with Crippen LogP contribution < -0.4 is 10.6 Å². The number of aromatic amines is 1. The van der Waals surface area contributed by atoms with Crippen LogP contribution in [0.4, 0.5) is 5.69 Å². The Labute approximate surface area is 154 Å². The van der Waals surface area contributed by atoms with Gasteiger partial charge in [0.1, 0.15) is 5.82 Å².